The molecular weight excluding hydrogens is 1040 g/mol. The number of fused-ring (bicyclic) bond motifs is 12. The zero-order chi connectivity index (χ0) is 52.4. The van der Waals surface area contributed by atoms with Gasteiger partial charge in [0.2, 0.25) is 0 Å². The predicted molar refractivity (Wildman–Crippen MR) is 309 cm³/mol. The Kier molecular flexibility index (Phi) is 12.4. The van der Waals surface area contributed by atoms with Crippen LogP contribution >= 0.6 is 17.1 Å². The monoisotopic (exact) mass is 1090 g/mol. The minimum absolute atomic E-state index is 0.00247. The Bertz CT molecular complexity index is 4200. The van der Waals surface area contributed by atoms with Crippen LogP contribution in [0.15, 0.2) is 228 Å². The van der Waals surface area contributed by atoms with Crippen LogP contribution in [0.4, 0.5) is 5.69 Å². The van der Waals surface area contributed by atoms with Crippen molar-refractivity contribution < 1.29 is 34.9 Å². The van der Waals surface area contributed by atoms with Crippen LogP contribution in [-0.4, -0.2) is 20.9 Å². The molecule has 0 saturated carbocycles. The maximum atomic E-state index is 16.0. The van der Waals surface area contributed by atoms with E-state index in [9.17, 15) is 0 Å². The number of sulfonamides is 2. The van der Waals surface area contributed by atoms with Crippen LogP contribution in [-0.2, 0) is 39.4 Å². The molecule has 14 heteroatoms. The summed E-state index contributed by atoms with van der Waals surface area (Å²) in [4.78, 5) is -0.0114. The van der Waals surface area contributed by atoms with Gasteiger partial charge < -0.3 is 18.1 Å². The summed E-state index contributed by atoms with van der Waals surface area (Å²) in [5.74, 6) is 1.84. The van der Waals surface area contributed by atoms with Crippen molar-refractivity contribution in [2.24, 2.45) is 0 Å². The van der Waals surface area contributed by atoms with Gasteiger partial charge in [-0.1, -0.05) is 175 Å². The Hall–Kier alpha value is -7.82. The topological polar surface area (TPSA) is 112 Å². The van der Waals surface area contributed by atoms with E-state index in [4.69, 9.17) is 18.1 Å². The smallest absolute Gasteiger partial charge is 0.426 e. The van der Waals surface area contributed by atoms with Crippen molar-refractivity contribution in [3.05, 3.63) is 257 Å². The lowest BCUT2D eigenvalue weighted by Gasteiger charge is -2.35. The maximum Gasteiger partial charge on any atom is 0.432 e. The predicted octanol–water partition coefficient (Wildman–Crippen LogP) is 15.9. The number of nitrogens with zero attached hydrogens (tertiary/aromatic N) is 2. The molecule has 0 aliphatic carbocycles. The van der Waals surface area contributed by atoms with Gasteiger partial charge >= 0.3 is 17.1 Å². The Labute approximate surface area is 449 Å². The first kappa shape index (κ1) is 48.8. The molecule has 0 unspecified atom stereocenters. The zero-order valence-corrected chi connectivity index (χ0v) is 45.2. The highest BCUT2D eigenvalue weighted by atomic mass is 32.2. The summed E-state index contributed by atoms with van der Waals surface area (Å²) in [6.45, 7) is 3.38. The average Bonchev–Trinajstić information content (AvgIpc) is 3.46. The lowest BCUT2D eigenvalue weighted by atomic mass is 9.93. The number of benzene rings is 11. The Morgan fingerprint density at radius 3 is 1.12 bits per heavy atom. The first-order chi connectivity index (χ1) is 37.5. The minimum atomic E-state index is -4.61. The van der Waals surface area contributed by atoms with Gasteiger partial charge in [0.15, 0.2) is 0 Å². The molecule has 2 aliphatic heterocycles. The van der Waals surface area contributed by atoms with Crippen molar-refractivity contribution in [1.82, 2.24) is 4.08 Å². The van der Waals surface area contributed by atoms with Crippen molar-refractivity contribution in [3.63, 3.8) is 0 Å². The van der Waals surface area contributed by atoms with Gasteiger partial charge in [-0.25, -0.2) is 16.8 Å². The van der Waals surface area contributed by atoms with Gasteiger partial charge in [-0.05, 0) is 117 Å². The largest absolute Gasteiger partial charge is 0.432 e. The third kappa shape index (κ3) is 8.90. The Balaban J connectivity index is 1.02. The number of aryl methyl sites for hydroxylation is 2. The van der Waals surface area contributed by atoms with Crippen LogP contribution in [0, 0.1) is 13.8 Å². The van der Waals surface area contributed by atoms with Gasteiger partial charge in [0.25, 0.3) is 20.0 Å². The molecule has 2 heterocycles. The first-order valence-corrected chi connectivity index (χ1v) is 30.3. The Morgan fingerprint density at radius 2 is 0.714 bits per heavy atom. The molecule has 0 bridgehead atoms. The first-order valence-electron chi connectivity index (χ1n) is 25.1. The van der Waals surface area contributed by atoms with Gasteiger partial charge in [-0.2, -0.15) is 4.08 Å². The van der Waals surface area contributed by atoms with E-state index in [0.29, 0.717) is 41.4 Å². The molecule has 10 nitrogen and oxygen atoms in total. The fourth-order valence-electron chi connectivity index (χ4n) is 10.4. The van der Waals surface area contributed by atoms with E-state index in [2.05, 4.69) is 24.3 Å². The zero-order valence-electron chi connectivity index (χ0n) is 41.8. The van der Waals surface area contributed by atoms with Crippen LogP contribution in [0.2, 0.25) is 0 Å². The van der Waals surface area contributed by atoms with Gasteiger partial charge in [-0.15, -0.1) is 4.08 Å². The molecule has 0 saturated heterocycles. The molecule has 2 aliphatic rings. The summed E-state index contributed by atoms with van der Waals surface area (Å²) < 4.78 is 94.2. The molecule has 0 atom stereocenters. The molecule has 11 aromatic rings. The van der Waals surface area contributed by atoms with E-state index in [-0.39, 0.29) is 15.5 Å². The molecule has 77 heavy (non-hydrogen) atoms. The molecule has 0 amide bonds. The van der Waals surface area contributed by atoms with Crippen molar-refractivity contribution in [1.29, 1.82) is 0 Å². The second kappa shape index (κ2) is 19.6. The molecule has 0 radical (unpaired) electrons. The van der Waals surface area contributed by atoms with Crippen molar-refractivity contribution in [2.45, 2.75) is 43.0 Å². The highest BCUT2D eigenvalue weighted by molar-refractivity contribution is 7.99. The van der Waals surface area contributed by atoms with Crippen molar-refractivity contribution in [2.75, 3.05) is 4.08 Å². The fraction of sp³-hybridized carbons (Fsp3) is 0.0794. The maximum absolute atomic E-state index is 16.0. The summed E-state index contributed by atoms with van der Waals surface area (Å²) in [6.07, 6.45) is 0.877. The van der Waals surface area contributed by atoms with Gasteiger partial charge in [0.1, 0.15) is 23.0 Å². The molecule has 13 rings (SSSR count). The highest BCUT2D eigenvalue weighted by Gasteiger charge is 2.44. The summed E-state index contributed by atoms with van der Waals surface area (Å²) >= 11 is 0. The second-order valence-electron chi connectivity index (χ2n) is 19.2. The molecule has 11 aromatic carbocycles. The van der Waals surface area contributed by atoms with Crippen LogP contribution in [0.3, 0.4) is 0 Å². The number of rotatable bonds is 9. The van der Waals surface area contributed by atoms with Gasteiger partial charge in [-0.3, -0.25) is 0 Å². The standard InChI is InChI=1S/C63H48N2O8P2S2/c1-42-23-31-49(32-24-42)76(66,67)64(74-70-60-35-27-44-13-3-8-18-51(44)55(60)39-56-52-19-9-4-14-45(52)28-36-61(56)71-74)41-48-17-7-12-22-59(48)65(77(68,69)50-33-25-43(2)26-34-50)75-72-62-37-29-46-15-5-10-20-53(46)57(62)40-58-54-21-11-6-16-47(54)30-38-63(58)73-75/h3-38H,39-41H2,1-2H3. The number of hydrogen-bond donors (Lipinski definition) is 0. The van der Waals surface area contributed by atoms with Crippen molar-refractivity contribution in [3.8, 4) is 23.0 Å². The van der Waals surface area contributed by atoms with Crippen LogP contribution in [0.25, 0.3) is 43.1 Å². The molecular formula is C63H48N2O8P2S2. The summed E-state index contributed by atoms with van der Waals surface area (Å²) in [7, 11) is -14.4. The summed E-state index contributed by atoms with van der Waals surface area (Å²) in [6, 6.07) is 67.8. The van der Waals surface area contributed by atoms with Gasteiger partial charge in [0, 0.05) is 35.1 Å². The lowest BCUT2D eigenvalue weighted by Crippen LogP contribution is -2.33. The van der Waals surface area contributed by atoms with E-state index < -0.39 is 43.6 Å². The molecule has 0 N–H and O–H groups in total. The fourth-order valence-corrected chi connectivity index (χ4v) is 17.3. The van der Waals surface area contributed by atoms with Gasteiger partial charge in [0.05, 0.1) is 22.0 Å². The normalized spacial score (nSPS) is 13.9. The van der Waals surface area contributed by atoms with Crippen LogP contribution in [0.5, 0.6) is 23.0 Å². The molecule has 0 fully saturated rings. The molecule has 0 aromatic heterocycles. The van der Waals surface area contributed by atoms with E-state index in [1.807, 2.05) is 135 Å². The van der Waals surface area contributed by atoms with E-state index >= 15 is 16.8 Å². The summed E-state index contributed by atoms with van der Waals surface area (Å²) in [5, 5.41) is 7.83. The number of hydrogen-bond acceptors (Lipinski definition) is 8. The lowest BCUT2D eigenvalue weighted by molar-refractivity contribution is 0.412. The second-order valence-corrected chi connectivity index (χ2v) is 26.0. The SMILES string of the molecule is Cc1ccc(S(=O)(=O)N(Cc2ccccc2N(P2Oc3ccc4ccccc4c3Cc3c(ccc4ccccc34)O2)S(=O)(=O)c2ccc(C)cc2)P2Oc3ccc4ccccc4c3Cc3c(ccc4ccccc34)O2)cc1. The quantitative estimate of drug-likeness (QED) is 0.131. The number of para-hydroxylation sites is 1. The van der Waals surface area contributed by atoms with E-state index in [1.165, 1.54) is 8.15 Å². The van der Waals surface area contributed by atoms with Crippen LogP contribution < -0.4 is 22.2 Å². The third-order valence-electron chi connectivity index (χ3n) is 14.4. The van der Waals surface area contributed by atoms with Crippen molar-refractivity contribution >= 4 is 85.9 Å². The third-order valence-corrected chi connectivity index (χ3v) is 22.0. The summed E-state index contributed by atoms with van der Waals surface area (Å²) in [5.41, 5.74) is 5.67. The Morgan fingerprint density at radius 1 is 0.377 bits per heavy atom. The molecule has 380 valence electrons. The number of anilines is 1. The highest BCUT2D eigenvalue weighted by Crippen LogP contribution is 2.57. The minimum Gasteiger partial charge on any atom is -0.426 e. The molecule has 0 spiro atoms. The average molecular weight is 1090 g/mol. The van der Waals surface area contributed by atoms with E-state index in [0.717, 1.165) is 76.5 Å². The van der Waals surface area contributed by atoms with Crippen LogP contribution in [0.1, 0.15) is 38.9 Å². The van der Waals surface area contributed by atoms with E-state index in [1.54, 1.807) is 72.8 Å².